The molecule has 1 heterocycles. The van der Waals surface area contributed by atoms with Crippen LogP contribution in [0.5, 0.6) is 5.75 Å². The van der Waals surface area contributed by atoms with Crippen molar-refractivity contribution in [1.82, 2.24) is 4.98 Å². The van der Waals surface area contributed by atoms with Crippen molar-refractivity contribution in [2.24, 2.45) is 0 Å². The van der Waals surface area contributed by atoms with Gasteiger partial charge in [0.25, 0.3) is 0 Å². The number of phenols is 1. The zero-order valence-corrected chi connectivity index (χ0v) is 10.3. The third-order valence-electron chi connectivity index (χ3n) is 3.53. The summed E-state index contributed by atoms with van der Waals surface area (Å²) in [6.45, 7) is 6.22. The standard InChI is InChI=1S/C15H15NO/c1-8-4-5-12-11(6-8)14-10(3)9(2)7-13(17)15(14)16-12/h4-7,16-17H,1-3H3. The minimum atomic E-state index is 0.331. The summed E-state index contributed by atoms with van der Waals surface area (Å²) in [7, 11) is 0. The highest BCUT2D eigenvalue weighted by Gasteiger charge is 2.12. The molecule has 0 aliphatic rings. The summed E-state index contributed by atoms with van der Waals surface area (Å²) >= 11 is 0. The van der Waals surface area contributed by atoms with E-state index in [1.165, 1.54) is 16.5 Å². The van der Waals surface area contributed by atoms with Crippen molar-refractivity contribution < 1.29 is 5.11 Å². The molecule has 0 saturated carbocycles. The van der Waals surface area contributed by atoms with Gasteiger partial charge in [0.1, 0.15) is 5.75 Å². The van der Waals surface area contributed by atoms with E-state index >= 15 is 0 Å². The first-order valence-corrected chi connectivity index (χ1v) is 5.79. The lowest BCUT2D eigenvalue weighted by Crippen LogP contribution is -1.82. The molecule has 2 heteroatoms. The van der Waals surface area contributed by atoms with Gasteiger partial charge in [0.05, 0.1) is 5.52 Å². The first-order chi connectivity index (χ1) is 8.08. The van der Waals surface area contributed by atoms with E-state index in [1.807, 2.05) is 13.0 Å². The van der Waals surface area contributed by atoms with Crippen molar-refractivity contribution in [3.05, 3.63) is 41.0 Å². The quantitative estimate of drug-likeness (QED) is 0.597. The molecule has 1 aromatic heterocycles. The van der Waals surface area contributed by atoms with Gasteiger partial charge in [-0.2, -0.15) is 0 Å². The number of H-pyrrole nitrogens is 1. The Labute approximate surface area is 99.9 Å². The van der Waals surface area contributed by atoms with Crippen molar-refractivity contribution in [2.45, 2.75) is 20.8 Å². The minimum absolute atomic E-state index is 0.331. The Morgan fingerprint density at radius 3 is 2.59 bits per heavy atom. The fourth-order valence-electron chi connectivity index (χ4n) is 2.47. The van der Waals surface area contributed by atoms with Crippen LogP contribution in [0.15, 0.2) is 24.3 Å². The second-order valence-corrected chi connectivity index (χ2v) is 4.76. The highest BCUT2D eigenvalue weighted by Crippen LogP contribution is 2.35. The third-order valence-corrected chi connectivity index (χ3v) is 3.53. The van der Waals surface area contributed by atoms with Crippen LogP contribution in [0.4, 0.5) is 0 Å². The lowest BCUT2D eigenvalue weighted by Gasteiger charge is -2.04. The zero-order chi connectivity index (χ0) is 12.2. The van der Waals surface area contributed by atoms with Crippen molar-refractivity contribution >= 4 is 21.8 Å². The van der Waals surface area contributed by atoms with Crippen LogP contribution in [-0.2, 0) is 0 Å². The van der Waals surface area contributed by atoms with Gasteiger partial charge in [0.2, 0.25) is 0 Å². The summed E-state index contributed by atoms with van der Waals surface area (Å²) in [5, 5.41) is 12.3. The molecule has 2 aromatic carbocycles. The van der Waals surface area contributed by atoms with Gasteiger partial charge in [-0.05, 0) is 50.1 Å². The maximum atomic E-state index is 10.0. The molecule has 0 fully saturated rings. The Morgan fingerprint density at radius 1 is 1.06 bits per heavy atom. The lowest BCUT2D eigenvalue weighted by molar-refractivity contribution is 0.480. The van der Waals surface area contributed by atoms with E-state index in [4.69, 9.17) is 0 Å². The number of aryl methyl sites for hydroxylation is 3. The lowest BCUT2D eigenvalue weighted by atomic mass is 10.0. The van der Waals surface area contributed by atoms with Crippen LogP contribution in [-0.4, -0.2) is 10.1 Å². The second-order valence-electron chi connectivity index (χ2n) is 4.76. The minimum Gasteiger partial charge on any atom is -0.506 e. The number of nitrogens with one attached hydrogen (secondary N) is 1. The van der Waals surface area contributed by atoms with Crippen molar-refractivity contribution in [2.75, 3.05) is 0 Å². The molecular formula is C15H15NO. The Balaban J connectivity index is 2.63. The molecule has 3 aromatic rings. The number of phenolic OH excluding ortho intramolecular Hbond substituents is 1. The molecule has 0 aliphatic heterocycles. The van der Waals surface area contributed by atoms with Crippen LogP contribution in [0.3, 0.4) is 0 Å². The van der Waals surface area contributed by atoms with Gasteiger partial charge in [-0.1, -0.05) is 11.6 Å². The molecular weight excluding hydrogens is 210 g/mol. The van der Waals surface area contributed by atoms with Gasteiger partial charge in [-0.3, -0.25) is 0 Å². The largest absolute Gasteiger partial charge is 0.506 e. The van der Waals surface area contributed by atoms with Crippen molar-refractivity contribution in [3.8, 4) is 5.75 Å². The van der Waals surface area contributed by atoms with E-state index in [9.17, 15) is 5.11 Å². The molecule has 0 aliphatic carbocycles. The predicted octanol–water partition coefficient (Wildman–Crippen LogP) is 3.95. The summed E-state index contributed by atoms with van der Waals surface area (Å²) in [6.07, 6.45) is 0. The van der Waals surface area contributed by atoms with Gasteiger partial charge < -0.3 is 10.1 Å². The maximum Gasteiger partial charge on any atom is 0.139 e. The van der Waals surface area contributed by atoms with Gasteiger partial charge in [-0.25, -0.2) is 0 Å². The number of aromatic hydroxyl groups is 1. The summed E-state index contributed by atoms with van der Waals surface area (Å²) in [4.78, 5) is 3.29. The van der Waals surface area contributed by atoms with Crippen LogP contribution in [0.2, 0.25) is 0 Å². The molecule has 0 amide bonds. The molecule has 0 saturated heterocycles. The molecule has 0 spiro atoms. The molecule has 0 unspecified atom stereocenters. The third kappa shape index (κ3) is 1.34. The zero-order valence-electron chi connectivity index (χ0n) is 10.3. The molecule has 86 valence electrons. The Morgan fingerprint density at radius 2 is 1.82 bits per heavy atom. The topological polar surface area (TPSA) is 36.0 Å². The first kappa shape index (κ1) is 10.2. The molecule has 3 rings (SSSR count). The average molecular weight is 225 g/mol. The molecule has 0 radical (unpaired) electrons. The highest BCUT2D eigenvalue weighted by atomic mass is 16.3. The monoisotopic (exact) mass is 225 g/mol. The number of aromatic amines is 1. The summed E-state index contributed by atoms with van der Waals surface area (Å²) in [6, 6.07) is 8.13. The van der Waals surface area contributed by atoms with Crippen molar-refractivity contribution in [3.63, 3.8) is 0 Å². The van der Waals surface area contributed by atoms with E-state index in [2.05, 4.69) is 37.0 Å². The van der Waals surface area contributed by atoms with Crippen molar-refractivity contribution in [1.29, 1.82) is 0 Å². The van der Waals surface area contributed by atoms with Gasteiger partial charge in [-0.15, -0.1) is 0 Å². The predicted molar refractivity (Wildman–Crippen MR) is 71.7 cm³/mol. The number of benzene rings is 2. The Bertz CT molecular complexity index is 738. The number of hydrogen-bond acceptors (Lipinski definition) is 1. The number of fused-ring (bicyclic) bond motifs is 3. The van der Waals surface area contributed by atoms with Crippen LogP contribution in [0.25, 0.3) is 21.8 Å². The van der Waals surface area contributed by atoms with Crippen LogP contribution in [0, 0.1) is 20.8 Å². The maximum absolute atomic E-state index is 10.0. The first-order valence-electron chi connectivity index (χ1n) is 5.79. The Hall–Kier alpha value is -1.96. The highest BCUT2D eigenvalue weighted by molar-refractivity contribution is 6.11. The summed E-state index contributed by atoms with van der Waals surface area (Å²) in [5.41, 5.74) is 5.51. The number of rotatable bonds is 0. The number of aromatic nitrogens is 1. The summed E-state index contributed by atoms with van der Waals surface area (Å²) < 4.78 is 0. The van der Waals surface area contributed by atoms with Gasteiger partial charge in [0, 0.05) is 16.3 Å². The van der Waals surface area contributed by atoms with E-state index in [1.54, 1.807) is 0 Å². The van der Waals surface area contributed by atoms with E-state index in [0.29, 0.717) is 5.75 Å². The van der Waals surface area contributed by atoms with E-state index in [-0.39, 0.29) is 0 Å². The van der Waals surface area contributed by atoms with E-state index in [0.717, 1.165) is 22.0 Å². The van der Waals surface area contributed by atoms with Crippen LogP contribution >= 0.6 is 0 Å². The second kappa shape index (κ2) is 3.27. The SMILES string of the molecule is Cc1ccc2[nH]c3c(O)cc(C)c(C)c3c2c1. The van der Waals surface area contributed by atoms with Gasteiger partial charge in [0.15, 0.2) is 0 Å². The fourth-order valence-corrected chi connectivity index (χ4v) is 2.47. The average Bonchev–Trinajstić information content (AvgIpc) is 2.65. The number of hydrogen-bond donors (Lipinski definition) is 2. The van der Waals surface area contributed by atoms with Crippen LogP contribution in [0.1, 0.15) is 16.7 Å². The smallest absolute Gasteiger partial charge is 0.139 e. The molecule has 2 nitrogen and oxygen atoms in total. The molecule has 2 N–H and O–H groups in total. The van der Waals surface area contributed by atoms with E-state index < -0.39 is 0 Å². The fraction of sp³-hybridized carbons (Fsp3) is 0.200. The molecule has 17 heavy (non-hydrogen) atoms. The van der Waals surface area contributed by atoms with Crippen LogP contribution < -0.4 is 0 Å². The van der Waals surface area contributed by atoms with Gasteiger partial charge >= 0.3 is 0 Å². The normalized spacial score (nSPS) is 11.5. The summed E-state index contributed by atoms with van der Waals surface area (Å²) in [5.74, 6) is 0.331. The molecule has 0 atom stereocenters. The molecule has 0 bridgehead atoms. The Kier molecular flexibility index (Phi) is 1.96.